The molecule has 2 rings (SSSR count). The van der Waals surface area contributed by atoms with Gasteiger partial charge in [-0.25, -0.2) is 0 Å². The highest BCUT2D eigenvalue weighted by atomic mass is 16.5. The molecule has 0 aromatic heterocycles. The quantitative estimate of drug-likeness (QED) is 0.777. The topological polar surface area (TPSA) is 58.6 Å². The van der Waals surface area contributed by atoms with E-state index in [1.807, 2.05) is 32.0 Å². The average Bonchev–Trinajstić information content (AvgIpc) is 2.58. The molecule has 23 heavy (non-hydrogen) atoms. The van der Waals surface area contributed by atoms with E-state index in [9.17, 15) is 9.90 Å². The highest BCUT2D eigenvalue weighted by molar-refractivity contribution is 5.84. The lowest BCUT2D eigenvalue weighted by atomic mass is 9.82. The molecule has 0 bridgehead atoms. The fourth-order valence-electron chi connectivity index (χ4n) is 2.83. The molecular weight excluding hydrogens is 290 g/mol. The van der Waals surface area contributed by atoms with Gasteiger partial charge in [0.1, 0.15) is 5.75 Å². The summed E-state index contributed by atoms with van der Waals surface area (Å²) in [5.41, 5.74) is 0.471. The second-order valence-corrected chi connectivity index (χ2v) is 5.94. The third-order valence-electron chi connectivity index (χ3n) is 4.71. The molecule has 0 aliphatic rings. The molecule has 0 radical (unpaired) electrons. The van der Waals surface area contributed by atoms with Gasteiger partial charge in [0.05, 0.1) is 12.5 Å². The first-order chi connectivity index (χ1) is 11.0. The highest BCUT2D eigenvalue weighted by Crippen LogP contribution is 2.26. The van der Waals surface area contributed by atoms with E-state index in [1.54, 1.807) is 7.11 Å². The molecule has 4 heteroatoms. The number of rotatable bonds is 8. The molecule has 0 amide bonds. The zero-order valence-corrected chi connectivity index (χ0v) is 14.1. The fraction of sp³-hybridized carbons (Fsp3) is 0.421. The summed E-state index contributed by atoms with van der Waals surface area (Å²) in [6, 6.07) is 12.3. The summed E-state index contributed by atoms with van der Waals surface area (Å²) in [4.78, 5) is 11.5. The number of hydrogen-bond donors (Lipinski definition) is 2. The second kappa shape index (κ2) is 7.47. The van der Waals surface area contributed by atoms with Gasteiger partial charge < -0.3 is 15.2 Å². The number of ether oxygens (including phenoxy) is 1. The Morgan fingerprint density at radius 1 is 1.13 bits per heavy atom. The third kappa shape index (κ3) is 3.82. The van der Waals surface area contributed by atoms with Crippen LogP contribution >= 0.6 is 0 Å². The molecule has 0 aliphatic heterocycles. The Morgan fingerprint density at radius 2 is 1.78 bits per heavy atom. The molecule has 4 nitrogen and oxygen atoms in total. The Balaban J connectivity index is 2.06. The van der Waals surface area contributed by atoms with Crippen molar-refractivity contribution in [2.45, 2.75) is 33.2 Å². The first-order valence-corrected chi connectivity index (χ1v) is 8.05. The Morgan fingerprint density at radius 3 is 2.39 bits per heavy atom. The number of methoxy groups -OCH3 is 1. The van der Waals surface area contributed by atoms with E-state index in [-0.39, 0.29) is 0 Å². The molecule has 0 aliphatic carbocycles. The fourth-order valence-corrected chi connectivity index (χ4v) is 2.83. The van der Waals surface area contributed by atoms with Gasteiger partial charge in [-0.1, -0.05) is 32.0 Å². The second-order valence-electron chi connectivity index (χ2n) is 5.94. The van der Waals surface area contributed by atoms with Crippen LogP contribution in [0.1, 0.15) is 32.3 Å². The van der Waals surface area contributed by atoms with Gasteiger partial charge in [-0.3, -0.25) is 4.79 Å². The summed E-state index contributed by atoms with van der Waals surface area (Å²) in [5.74, 6) is 0.126. The Hall–Kier alpha value is -2.07. The van der Waals surface area contributed by atoms with Crippen LogP contribution in [0.3, 0.4) is 0 Å². The Kier molecular flexibility index (Phi) is 5.61. The van der Waals surface area contributed by atoms with Gasteiger partial charge in [0.2, 0.25) is 0 Å². The molecular formula is C19H25NO3. The standard InChI is InChI=1S/C19H25NO3/c1-4-19(5-2,18(21)22)13-20-12-14-6-7-16-11-17(23-3)9-8-15(16)10-14/h6-11,20H,4-5,12-13H2,1-3H3,(H,21,22). The van der Waals surface area contributed by atoms with E-state index in [0.29, 0.717) is 25.9 Å². The Bertz CT molecular complexity index is 677. The molecule has 124 valence electrons. The number of carboxylic acids is 1. The molecule has 2 aromatic rings. The maximum atomic E-state index is 11.5. The summed E-state index contributed by atoms with van der Waals surface area (Å²) in [6.07, 6.45) is 1.26. The van der Waals surface area contributed by atoms with E-state index in [1.165, 1.54) is 0 Å². The van der Waals surface area contributed by atoms with Gasteiger partial charge in [0, 0.05) is 13.1 Å². The van der Waals surface area contributed by atoms with Gasteiger partial charge in [0.15, 0.2) is 0 Å². The van der Waals surface area contributed by atoms with Crippen LogP contribution in [-0.2, 0) is 11.3 Å². The molecule has 2 aromatic carbocycles. The van der Waals surface area contributed by atoms with Crippen LogP contribution in [0, 0.1) is 5.41 Å². The van der Waals surface area contributed by atoms with Crippen molar-refractivity contribution >= 4 is 16.7 Å². The molecule has 0 atom stereocenters. The van der Waals surface area contributed by atoms with E-state index < -0.39 is 11.4 Å². The number of carboxylic acid groups (broad SMARTS) is 1. The van der Waals surface area contributed by atoms with Gasteiger partial charge >= 0.3 is 5.97 Å². The number of fused-ring (bicyclic) bond motifs is 1. The minimum Gasteiger partial charge on any atom is -0.497 e. The predicted octanol–water partition coefficient (Wildman–Crippen LogP) is 3.83. The summed E-state index contributed by atoms with van der Waals surface area (Å²) in [6.45, 7) is 5.01. The number of nitrogens with one attached hydrogen (secondary N) is 1. The number of carbonyl (C=O) groups is 1. The first kappa shape index (κ1) is 17.3. The van der Waals surface area contributed by atoms with Gasteiger partial charge in [-0.05, 0) is 47.4 Å². The van der Waals surface area contributed by atoms with Crippen LogP contribution in [-0.4, -0.2) is 24.7 Å². The molecule has 0 heterocycles. The average molecular weight is 315 g/mol. The van der Waals surface area contributed by atoms with Crippen LogP contribution < -0.4 is 10.1 Å². The van der Waals surface area contributed by atoms with Gasteiger partial charge in [-0.2, -0.15) is 0 Å². The molecule has 2 N–H and O–H groups in total. The van der Waals surface area contributed by atoms with Gasteiger partial charge in [-0.15, -0.1) is 0 Å². The largest absolute Gasteiger partial charge is 0.497 e. The SMILES string of the molecule is CCC(CC)(CNCc1ccc2cc(OC)ccc2c1)C(=O)O. The van der Waals surface area contributed by atoms with Crippen molar-refractivity contribution in [2.75, 3.05) is 13.7 Å². The minimum atomic E-state index is -0.722. The number of aliphatic carboxylic acids is 1. The van der Waals surface area contributed by atoms with E-state index >= 15 is 0 Å². The van der Waals surface area contributed by atoms with Crippen LogP contribution in [0.2, 0.25) is 0 Å². The van der Waals surface area contributed by atoms with Crippen molar-refractivity contribution in [1.82, 2.24) is 5.32 Å². The Labute approximate surface area is 137 Å². The monoisotopic (exact) mass is 315 g/mol. The van der Waals surface area contributed by atoms with Crippen LogP contribution in [0.15, 0.2) is 36.4 Å². The summed E-state index contributed by atoms with van der Waals surface area (Å²) in [7, 11) is 1.66. The van der Waals surface area contributed by atoms with E-state index in [4.69, 9.17) is 4.74 Å². The number of hydrogen-bond acceptors (Lipinski definition) is 3. The highest BCUT2D eigenvalue weighted by Gasteiger charge is 2.34. The normalized spacial score (nSPS) is 11.6. The van der Waals surface area contributed by atoms with Crippen molar-refractivity contribution < 1.29 is 14.6 Å². The smallest absolute Gasteiger partial charge is 0.310 e. The van der Waals surface area contributed by atoms with Crippen molar-refractivity contribution in [3.63, 3.8) is 0 Å². The lowest BCUT2D eigenvalue weighted by Crippen LogP contribution is -2.39. The van der Waals surface area contributed by atoms with Crippen LogP contribution in [0.5, 0.6) is 5.75 Å². The molecule has 0 saturated heterocycles. The summed E-state index contributed by atoms with van der Waals surface area (Å²) >= 11 is 0. The maximum Gasteiger partial charge on any atom is 0.310 e. The third-order valence-corrected chi connectivity index (χ3v) is 4.71. The summed E-state index contributed by atoms with van der Waals surface area (Å²) < 4.78 is 5.23. The zero-order chi connectivity index (χ0) is 16.9. The maximum absolute atomic E-state index is 11.5. The van der Waals surface area contributed by atoms with Crippen molar-refractivity contribution in [3.05, 3.63) is 42.0 Å². The number of benzene rings is 2. The molecule has 0 spiro atoms. The van der Waals surface area contributed by atoms with Crippen molar-refractivity contribution in [2.24, 2.45) is 5.41 Å². The summed E-state index contributed by atoms with van der Waals surface area (Å²) in [5, 5.41) is 15.1. The van der Waals surface area contributed by atoms with E-state index in [0.717, 1.165) is 22.1 Å². The van der Waals surface area contributed by atoms with Gasteiger partial charge in [0.25, 0.3) is 0 Å². The van der Waals surface area contributed by atoms with Crippen LogP contribution in [0.4, 0.5) is 0 Å². The molecule has 0 unspecified atom stereocenters. The predicted molar refractivity (Wildman–Crippen MR) is 92.9 cm³/mol. The lowest BCUT2D eigenvalue weighted by molar-refractivity contribution is -0.149. The van der Waals surface area contributed by atoms with Crippen molar-refractivity contribution in [3.8, 4) is 5.75 Å². The zero-order valence-electron chi connectivity index (χ0n) is 14.1. The first-order valence-electron chi connectivity index (χ1n) is 8.05. The lowest BCUT2D eigenvalue weighted by Gasteiger charge is -2.27. The van der Waals surface area contributed by atoms with E-state index in [2.05, 4.69) is 23.5 Å². The molecule has 0 fully saturated rings. The van der Waals surface area contributed by atoms with Crippen molar-refractivity contribution in [1.29, 1.82) is 0 Å². The molecule has 0 saturated carbocycles. The van der Waals surface area contributed by atoms with Crippen LogP contribution in [0.25, 0.3) is 10.8 Å². The minimum absolute atomic E-state index is 0.482.